The normalized spacial score (nSPS) is 11.6. The first-order chi connectivity index (χ1) is 15.3. The Morgan fingerprint density at radius 1 is 0.969 bits per heavy atom. The maximum atomic E-state index is 13.4. The molecule has 0 bridgehead atoms. The van der Waals surface area contributed by atoms with Crippen molar-refractivity contribution in [1.29, 1.82) is 0 Å². The first-order valence-electron chi connectivity index (χ1n) is 10.4. The molecule has 0 saturated heterocycles. The highest BCUT2D eigenvalue weighted by Gasteiger charge is 2.28. The Morgan fingerprint density at radius 2 is 1.66 bits per heavy atom. The van der Waals surface area contributed by atoms with Crippen LogP contribution < -0.4 is 0 Å². The molecule has 3 aromatic rings. The lowest BCUT2D eigenvalue weighted by molar-refractivity contribution is -0.132. The lowest BCUT2D eigenvalue weighted by Gasteiger charge is -2.27. The zero-order valence-electron chi connectivity index (χ0n) is 18.2. The van der Waals surface area contributed by atoms with Gasteiger partial charge < -0.3 is 4.90 Å². The van der Waals surface area contributed by atoms with Crippen LogP contribution in [-0.2, 0) is 27.9 Å². The van der Waals surface area contributed by atoms with Crippen molar-refractivity contribution in [3.8, 4) is 0 Å². The van der Waals surface area contributed by atoms with E-state index in [0.717, 1.165) is 10.4 Å². The monoisotopic (exact) mass is 490 g/mol. The summed E-state index contributed by atoms with van der Waals surface area (Å²) >= 11 is 7.55. The molecular formula is C24H27ClN2O3S2. The van der Waals surface area contributed by atoms with Crippen LogP contribution in [0.15, 0.2) is 71.6 Å². The van der Waals surface area contributed by atoms with Gasteiger partial charge in [0.2, 0.25) is 15.9 Å². The largest absolute Gasteiger partial charge is 0.332 e. The lowest BCUT2D eigenvalue weighted by atomic mass is 10.2. The molecule has 0 unspecified atom stereocenters. The van der Waals surface area contributed by atoms with E-state index in [4.69, 9.17) is 11.6 Å². The summed E-state index contributed by atoms with van der Waals surface area (Å²) in [6.07, 6.45) is 0.600. The third-order valence-electron chi connectivity index (χ3n) is 4.95. The molecule has 1 heterocycles. The van der Waals surface area contributed by atoms with Crippen LogP contribution in [0.25, 0.3) is 0 Å². The Kier molecular flexibility index (Phi) is 8.48. The van der Waals surface area contributed by atoms with Crippen LogP contribution in [0, 0.1) is 6.92 Å². The van der Waals surface area contributed by atoms with Gasteiger partial charge >= 0.3 is 0 Å². The molecule has 0 radical (unpaired) electrons. The highest BCUT2D eigenvalue weighted by molar-refractivity contribution is 7.89. The predicted octanol–water partition coefficient (Wildman–Crippen LogP) is 5.34. The molecule has 1 amide bonds. The van der Waals surface area contributed by atoms with Gasteiger partial charge in [-0.25, -0.2) is 8.42 Å². The number of halogens is 1. The van der Waals surface area contributed by atoms with Gasteiger partial charge in [0.25, 0.3) is 0 Å². The minimum Gasteiger partial charge on any atom is -0.332 e. The second-order valence-electron chi connectivity index (χ2n) is 7.54. The molecule has 2 aromatic carbocycles. The summed E-state index contributed by atoms with van der Waals surface area (Å²) in [6.45, 7) is 4.82. The van der Waals surface area contributed by atoms with Crippen molar-refractivity contribution in [1.82, 2.24) is 9.21 Å². The Hall–Kier alpha value is -2.19. The minimum atomic E-state index is -3.82. The SMILES string of the molecule is CCCN(CC(=O)N(Cc1ccccc1)Cc1ccc(C)s1)S(=O)(=O)c1ccc(Cl)cc1. The molecule has 8 heteroatoms. The van der Waals surface area contributed by atoms with E-state index >= 15 is 0 Å². The van der Waals surface area contributed by atoms with Crippen LogP contribution in [0.5, 0.6) is 0 Å². The number of hydrogen-bond donors (Lipinski definition) is 0. The number of carbonyl (C=O) groups is 1. The van der Waals surface area contributed by atoms with E-state index < -0.39 is 10.0 Å². The molecule has 5 nitrogen and oxygen atoms in total. The molecule has 170 valence electrons. The summed E-state index contributed by atoms with van der Waals surface area (Å²) in [7, 11) is -3.82. The van der Waals surface area contributed by atoms with Gasteiger partial charge in [-0.1, -0.05) is 48.9 Å². The smallest absolute Gasteiger partial charge is 0.243 e. The molecule has 0 aliphatic heterocycles. The van der Waals surface area contributed by atoms with Crippen LogP contribution in [0.1, 0.15) is 28.7 Å². The van der Waals surface area contributed by atoms with E-state index in [0.29, 0.717) is 24.5 Å². The number of thiophene rings is 1. The summed E-state index contributed by atoms with van der Waals surface area (Å²) in [5, 5.41) is 0.461. The summed E-state index contributed by atoms with van der Waals surface area (Å²) in [5.74, 6) is -0.231. The fourth-order valence-electron chi connectivity index (χ4n) is 3.33. The molecule has 0 atom stereocenters. The van der Waals surface area contributed by atoms with Crippen LogP contribution >= 0.6 is 22.9 Å². The van der Waals surface area contributed by atoms with Gasteiger partial charge in [-0.15, -0.1) is 11.3 Å². The minimum absolute atomic E-state index is 0.131. The summed E-state index contributed by atoms with van der Waals surface area (Å²) in [4.78, 5) is 17.5. The van der Waals surface area contributed by atoms with E-state index in [1.807, 2.05) is 56.3 Å². The number of hydrogen-bond acceptors (Lipinski definition) is 4. The quantitative estimate of drug-likeness (QED) is 0.385. The maximum absolute atomic E-state index is 13.4. The topological polar surface area (TPSA) is 57.7 Å². The van der Waals surface area contributed by atoms with Crippen molar-refractivity contribution in [2.75, 3.05) is 13.1 Å². The zero-order chi connectivity index (χ0) is 23.1. The molecule has 32 heavy (non-hydrogen) atoms. The van der Waals surface area contributed by atoms with Gasteiger partial charge in [0, 0.05) is 27.9 Å². The molecule has 1 aromatic heterocycles. The molecule has 3 rings (SSSR count). The van der Waals surface area contributed by atoms with Crippen LogP contribution in [0.2, 0.25) is 5.02 Å². The summed E-state index contributed by atoms with van der Waals surface area (Å²) in [6, 6.07) is 19.8. The fourth-order valence-corrected chi connectivity index (χ4v) is 5.85. The second-order valence-corrected chi connectivity index (χ2v) is 11.3. The summed E-state index contributed by atoms with van der Waals surface area (Å²) < 4.78 is 27.7. The Morgan fingerprint density at radius 3 is 2.25 bits per heavy atom. The van der Waals surface area contributed by atoms with E-state index in [2.05, 4.69) is 0 Å². The van der Waals surface area contributed by atoms with E-state index in [9.17, 15) is 13.2 Å². The first-order valence-corrected chi connectivity index (χ1v) is 13.1. The third-order valence-corrected chi connectivity index (χ3v) is 8.04. The van der Waals surface area contributed by atoms with Crippen molar-refractivity contribution < 1.29 is 13.2 Å². The average molecular weight is 491 g/mol. The molecule has 0 fully saturated rings. The number of sulfonamides is 1. The molecule has 0 aliphatic carbocycles. The molecule has 0 spiro atoms. The Labute approximate surface area is 199 Å². The third kappa shape index (κ3) is 6.42. The van der Waals surface area contributed by atoms with E-state index in [-0.39, 0.29) is 23.9 Å². The van der Waals surface area contributed by atoms with Crippen molar-refractivity contribution in [2.24, 2.45) is 0 Å². The van der Waals surface area contributed by atoms with Gasteiger partial charge in [-0.05, 0) is 55.3 Å². The first kappa shape index (κ1) is 24.5. The number of benzene rings is 2. The average Bonchev–Trinajstić information content (AvgIpc) is 3.18. The number of aryl methyl sites for hydroxylation is 1. The van der Waals surface area contributed by atoms with Gasteiger partial charge in [-0.2, -0.15) is 4.31 Å². The van der Waals surface area contributed by atoms with Crippen molar-refractivity contribution in [3.05, 3.63) is 87.1 Å². The van der Waals surface area contributed by atoms with Gasteiger partial charge in [0.1, 0.15) is 0 Å². The lowest BCUT2D eigenvalue weighted by Crippen LogP contribution is -2.42. The molecular weight excluding hydrogens is 464 g/mol. The van der Waals surface area contributed by atoms with Crippen molar-refractivity contribution in [2.45, 2.75) is 38.3 Å². The second kappa shape index (κ2) is 11.1. The highest BCUT2D eigenvalue weighted by Crippen LogP contribution is 2.21. The zero-order valence-corrected chi connectivity index (χ0v) is 20.6. The van der Waals surface area contributed by atoms with Gasteiger partial charge in [0.05, 0.1) is 18.0 Å². The Bertz CT molecular complexity index is 1130. The standard InChI is InChI=1S/C24H27ClN2O3S2/c1-3-15-27(32(29,30)23-13-10-21(25)11-14-23)18-24(28)26(16-20-7-5-4-6-8-20)17-22-12-9-19(2)31-22/h4-14H,3,15-18H2,1-2H3. The van der Waals surface area contributed by atoms with E-state index in [1.165, 1.54) is 21.3 Å². The number of rotatable bonds is 10. The number of nitrogens with zero attached hydrogens (tertiary/aromatic N) is 2. The molecule has 0 saturated carbocycles. The maximum Gasteiger partial charge on any atom is 0.243 e. The fraction of sp³-hybridized carbons (Fsp3) is 0.292. The number of carbonyl (C=O) groups excluding carboxylic acids is 1. The van der Waals surface area contributed by atoms with Crippen LogP contribution in [-0.4, -0.2) is 36.6 Å². The summed E-state index contributed by atoms with van der Waals surface area (Å²) in [5.41, 5.74) is 0.997. The predicted molar refractivity (Wildman–Crippen MR) is 130 cm³/mol. The number of amides is 1. The Balaban J connectivity index is 1.84. The van der Waals surface area contributed by atoms with Crippen LogP contribution in [0.4, 0.5) is 0 Å². The van der Waals surface area contributed by atoms with Gasteiger partial charge in [-0.3, -0.25) is 4.79 Å². The van der Waals surface area contributed by atoms with Crippen molar-refractivity contribution in [3.63, 3.8) is 0 Å². The van der Waals surface area contributed by atoms with Gasteiger partial charge in [0.15, 0.2) is 0 Å². The van der Waals surface area contributed by atoms with Crippen LogP contribution in [0.3, 0.4) is 0 Å². The molecule has 0 N–H and O–H groups in total. The van der Waals surface area contributed by atoms with Crippen molar-refractivity contribution >= 4 is 38.9 Å². The van der Waals surface area contributed by atoms with E-state index in [1.54, 1.807) is 28.4 Å². The highest BCUT2D eigenvalue weighted by atomic mass is 35.5. The molecule has 0 aliphatic rings.